The van der Waals surface area contributed by atoms with E-state index < -0.39 is 5.79 Å². The lowest BCUT2D eigenvalue weighted by Gasteiger charge is -2.29. The maximum Gasteiger partial charge on any atom is 0.188 e. The third kappa shape index (κ3) is 3.92. The van der Waals surface area contributed by atoms with Gasteiger partial charge in [-0.3, -0.25) is 0 Å². The van der Waals surface area contributed by atoms with Crippen molar-refractivity contribution >= 4 is 38.3 Å². The van der Waals surface area contributed by atoms with Gasteiger partial charge in [0.05, 0.1) is 44.7 Å². The average molecular weight is 545 g/mol. The van der Waals surface area contributed by atoms with Crippen molar-refractivity contribution in [3.05, 3.63) is 46.9 Å². The molecule has 2 atom stereocenters. The number of ether oxygens (including phenoxy) is 4. The highest BCUT2D eigenvalue weighted by atomic mass is 79.9. The molecule has 2 spiro atoms. The highest BCUT2D eigenvalue weighted by molar-refractivity contribution is 9.10. The molecule has 8 nitrogen and oxygen atoms in total. The fraction of sp³-hybridized carbons (Fsp3) is 0.440. The maximum atomic E-state index is 14.4. The van der Waals surface area contributed by atoms with Crippen molar-refractivity contribution in [2.75, 3.05) is 45.3 Å². The van der Waals surface area contributed by atoms with Crippen LogP contribution in [0.4, 0.5) is 15.9 Å². The minimum Gasteiger partial charge on any atom is -0.493 e. The van der Waals surface area contributed by atoms with Crippen molar-refractivity contribution in [3.63, 3.8) is 0 Å². The molecule has 0 amide bonds. The first-order chi connectivity index (χ1) is 17.0. The first kappa shape index (κ1) is 22.9. The molecule has 3 aromatic rings. The number of methoxy groups -OCH3 is 1. The standard InChI is InChI=1S/C25H26BrFN4O4/c1-32-21-9-17-20(29-14-30-23(17)31-19-3-2-16(26)8-18(19)27)10-22(21)33-5-4-15-11-24(15)12-28-13-25(24)34-6-7-35-25/h2-3,8-10,14-15,28H,4-7,11-13H2,1H3,(H,29,30,31). The van der Waals surface area contributed by atoms with E-state index in [0.29, 0.717) is 64.1 Å². The largest absolute Gasteiger partial charge is 0.493 e. The summed E-state index contributed by atoms with van der Waals surface area (Å²) in [5.74, 6) is 1.30. The zero-order valence-electron chi connectivity index (χ0n) is 19.3. The second kappa shape index (κ2) is 8.85. The molecule has 1 saturated carbocycles. The van der Waals surface area contributed by atoms with E-state index in [0.717, 1.165) is 25.9 Å². The van der Waals surface area contributed by atoms with Gasteiger partial charge in [0.25, 0.3) is 0 Å². The van der Waals surface area contributed by atoms with Crippen LogP contribution in [0.5, 0.6) is 11.5 Å². The molecule has 10 heteroatoms. The summed E-state index contributed by atoms with van der Waals surface area (Å²) >= 11 is 3.28. The van der Waals surface area contributed by atoms with E-state index in [9.17, 15) is 4.39 Å². The molecular weight excluding hydrogens is 519 g/mol. The Labute approximate surface area is 210 Å². The van der Waals surface area contributed by atoms with Crippen LogP contribution in [-0.2, 0) is 9.47 Å². The Bertz CT molecular complexity index is 1270. The number of benzene rings is 2. The predicted molar refractivity (Wildman–Crippen MR) is 132 cm³/mol. The van der Waals surface area contributed by atoms with Gasteiger partial charge in [0.2, 0.25) is 0 Å². The summed E-state index contributed by atoms with van der Waals surface area (Å²) in [4.78, 5) is 8.70. The van der Waals surface area contributed by atoms with Crippen molar-refractivity contribution in [2.45, 2.75) is 18.6 Å². The van der Waals surface area contributed by atoms with Crippen LogP contribution < -0.4 is 20.1 Å². The van der Waals surface area contributed by atoms with Gasteiger partial charge in [0.15, 0.2) is 17.3 Å². The number of hydrogen-bond donors (Lipinski definition) is 2. The topological polar surface area (TPSA) is 86.8 Å². The summed E-state index contributed by atoms with van der Waals surface area (Å²) in [7, 11) is 1.60. The number of aromatic nitrogens is 2. The molecule has 1 aromatic heterocycles. The number of hydrogen-bond acceptors (Lipinski definition) is 8. The van der Waals surface area contributed by atoms with E-state index >= 15 is 0 Å². The first-order valence-corrected chi connectivity index (χ1v) is 12.5. The van der Waals surface area contributed by atoms with E-state index in [1.54, 1.807) is 19.2 Å². The van der Waals surface area contributed by atoms with Gasteiger partial charge < -0.3 is 29.6 Å². The Balaban J connectivity index is 1.18. The van der Waals surface area contributed by atoms with Gasteiger partial charge in [-0.1, -0.05) is 15.9 Å². The molecule has 2 aromatic carbocycles. The summed E-state index contributed by atoms with van der Waals surface area (Å²) in [5, 5.41) is 7.22. The number of halogens is 2. The SMILES string of the molecule is COc1cc2c(Nc3ccc(Br)cc3F)ncnc2cc1OCCC1CC12CNCC21OCCO1. The molecule has 35 heavy (non-hydrogen) atoms. The summed E-state index contributed by atoms with van der Waals surface area (Å²) in [6.45, 7) is 3.54. The molecular formula is C25H26BrFN4O4. The average Bonchev–Trinajstić information content (AvgIpc) is 3.18. The predicted octanol–water partition coefficient (Wildman–Crippen LogP) is 4.41. The molecule has 2 unspecified atom stereocenters. The van der Waals surface area contributed by atoms with Gasteiger partial charge in [-0.05, 0) is 43.0 Å². The second-order valence-corrected chi connectivity index (χ2v) is 10.2. The minimum atomic E-state index is -0.465. The lowest BCUT2D eigenvalue weighted by Crippen LogP contribution is -2.41. The third-order valence-electron chi connectivity index (χ3n) is 7.37. The fourth-order valence-electron chi connectivity index (χ4n) is 5.51. The maximum absolute atomic E-state index is 14.4. The second-order valence-electron chi connectivity index (χ2n) is 9.24. The summed E-state index contributed by atoms with van der Waals surface area (Å²) in [6.07, 6.45) is 3.42. The van der Waals surface area contributed by atoms with Crippen LogP contribution >= 0.6 is 15.9 Å². The number of fused-ring (bicyclic) bond motifs is 2. The van der Waals surface area contributed by atoms with E-state index in [4.69, 9.17) is 18.9 Å². The zero-order chi connectivity index (χ0) is 24.0. The Morgan fingerprint density at radius 1 is 1.17 bits per heavy atom. The fourth-order valence-corrected chi connectivity index (χ4v) is 5.85. The number of anilines is 2. The molecule has 3 heterocycles. The smallest absolute Gasteiger partial charge is 0.188 e. The van der Waals surface area contributed by atoms with Gasteiger partial charge in [0.1, 0.15) is 18.0 Å². The molecule has 3 fully saturated rings. The summed E-state index contributed by atoms with van der Waals surface area (Å²) < 4.78 is 38.9. The molecule has 1 aliphatic carbocycles. The Hall–Kier alpha value is -2.53. The monoisotopic (exact) mass is 544 g/mol. The summed E-state index contributed by atoms with van der Waals surface area (Å²) in [6, 6.07) is 8.47. The van der Waals surface area contributed by atoms with E-state index in [1.807, 2.05) is 12.1 Å². The van der Waals surface area contributed by atoms with Gasteiger partial charge >= 0.3 is 0 Å². The zero-order valence-corrected chi connectivity index (χ0v) is 20.9. The summed E-state index contributed by atoms with van der Waals surface area (Å²) in [5.41, 5.74) is 1.04. The van der Waals surface area contributed by atoms with Gasteiger partial charge in [-0.25, -0.2) is 14.4 Å². The lowest BCUT2D eigenvalue weighted by atomic mass is 9.95. The van der Waals surface area contributed by atoms with Crippen LogP contribution in [0, 0.1) is 17.2 Å². The molecule has 0 radical (unpaired) electrons. The van der Waals surface area contributed by atoms with Crippen LogP contribution in [0.2, 0.25) is 0 Å². The molecule has 2 saturated heterocycles. The number of rotatable bonds is 7. The Morgan fingerprint density at radius 2 is 2.03 bits per heavy atom. The van der Waals surface area contributed by atoms with E-state index in [1.165, 1.54) is 12.4 Å². The number of nitrogens with zero attached hydrogens (tertiary/aromatic N) is 2. The van der Waals surface area contributed by atoms with Crippen LogP contribution in [0.3, 0.4) is 0 Å². The highest BCUT2D eigenvalue weighted by Gasteiger charge is 2.71. The Kier molecular flexibility index (Phi) is 5.79. The molecule has 6 rings (SSSR count). The highest BCUT2D eigenvalue weighted by Crippen LogP contribution is 2.65. The van der Waals surface area contributed by atoms with Gasteiger partial charge in [0, 0.05) is 27.9 Å². The van der Waals surface area contributed by atoms with Crippen molar-refractivity contribution < 1.29 is 23.3 Å². The molecule has 2 N–H and O–H groups in total. The van der Waals surface area contributed by atoms with Crippen molar-refractivity contribution in [2.24, 2.45) is 11.3 Å². The molecule has 3 aliphatic rings. The van der Waals surface area contributed by atoms with Crippen molar-refractivity contribution in [3.8, 4) is 11.5 Å². The molecule has 184 valence electrons. The van der Waals surface area contributed by atoms with Crippen LogP contribution in [-0.4, -0.2) is 55.8 Å². The third-order valence-corrected chi connectivity index (χ3v) is 7.86. The van der Waals surface area contributed by atoms with E-state index in [2.05, 4.69) is 36.5 Å². The van der Waals surface area contributed by atoms with Crippen molar-refractivity contribution in [1.29, 1.82) is 0 Å². The lowest BCUT2D eigenvalue weighted by molar-refractivity contribution is -0.183. The van der Waals surface area contributed by atoms with E-state index in [-0.39, 0.29) is 11.2 Å². The Morgan fingerprint density at radius 3 is 2.83 bits per heavy atom. The molecule has 2 aliphatic heterocycles. The first-order valence-electron chi connectivity index (χ1n) is 11.7. The number of nitrogens with one attached hydrogen (secondary N) is 2. The quantitative estimate of drug-likeness (QED) is 0.452. The van der Waals surface area contributed by atoms with Crippen LogP contribution in [0.25, 0.3) is 10.9 Å². The van der Waals surface area contributed by atoms with Crippen LogP contribution in [0.1, 0.15) is 12.8 Å². The van der Waals surface area contributed by atoms with Gasteiger partial charge in [-0.15, -0.1) is 0 Å². The minimum absolute atomic E-state index is 0.0520. The van der Waals surface area contributed by atoms with Crippen LogP contribution in [0.15, 0.2) is 41.1 Å². The molecule has 0 bridgehead atoms. The van der Waals surface area contributed by atoms with Gasteiger partial charge in [-0.2, -0.15) is 0 Å². The van der Waals surface area contributed by atoms with Crippen molar-refractivity contribution in [1.82, 2.24) is 15.3 Å². The normalized spacial score (nSPS) is 24.4.